The molecule has 0 bridgehead atoms. The summed E-state index contributed by atoms with van der Waals surface area (Å²) in [4.78, 5) is 24.5. The number of methoxy groups -OCH3 is 1. The van der Waals surface area contributed by atoms with Crippen LogP contribution in [0.25, 0.3) is 0 Å². The third kappa shape index (κ3) is 3.71. The Bertz CT molecular complexity index is 484. The van der Waals surface area contributed by atoms with E-state index in [1.807, 2.05) is 13.0 Å². The fraction of sp³-hybridized carbons (Fsp3) is 0.429. The van der Waals surface area contributed by atoms with Gasteiger partial charge in [-0.1, -0.05) is 18.6 Å². The number of ether oxygens (including phenoxy) is 1. The maximum atomic E-state index is 12.3. The van der Waals surface area contributed by atoms with Gasteiger partial charge < -0.3 is 14.7 Å². The molecule has 19 heavy (non-hydrogen) atoms. The minimum atomic E-state index is -0.921. The smallest absolute Gasteiger partial charge is 0.308 e. The number of aryl methyl sites for hydroxylation is 1. The second-order valence-electron chi connectivity index (χ2n) is 4.63. The zero-order valence-corrected chi connectivity index (χ0v) is 11.6. The van der Waals surface area contributed by atoms with Gasteiger partial charge in [-0.3, -0.25) is 9.59 Å². The first-order valence-corrected chi connectivity index (χ1v) is 5.99. The van der Waals surface area contributed by atoms with Crippen LogP contribution in [0.5, 0.6) is 5.75 Å². The molecule has 0 fully saturated rings. The normalized spacial score (nSPS) is 11.8. The second kappa shape index (κ2) is 6.22. The van der Waals surface area contributed by atoms with E-state index in [0.717, 1.165) is 5.56 Å². The van der Waals surface area contributed by atoms with Gasteiger partial charge in [0.2, 0.25) is 0 Å². The van der Waals surface area contributed by atoms with E-state index in [1.54, 1.807) is 26.1 Å². The number of rotatable bonds is 5. The summed E-state index contributed by atoms with van der Waals surface area (Å²) in [6, 6.07) is 5.33. The van der Waals surface area contributed by atoms with Crippen molar-refractivity contribution >= 4 is 11.9 Å². The highest BCUT2D eigenvalue weighted by molar-refractivity contribution is 5.97. The van der Waals surface area contributed by atoms with Crippen LogP contribution in [-0.2, 0) is 4.79 Å². The molecule has 1 N–H and O–H groups in total. The van der Waals surface area contributed by atoms with Crippen LogP contribution >= 0.6 is 0 Å². The number of carboxylic acids is 1. The molecule has 104 valence electrons. The summed E-state index contributed by atoms with van der Waals surface area (Å²) in [6.45, 7) is 3.61. The molecule has 1 unspecified atom stereocenters. The number of carbonyl (C=O) groups excluding carboxylic acids is 1. The average Bonchev–Trinajstić information content (AvgIpc) is 2.37. The van der Waals surface area contributed by atoms with E-state index in [9.17, 15) is 9.59 Å². The van der Waals surface area contributed by atoms with Gasteiger partial charge in [-0.25, -0.2) is 0 Å². The molecule has 5 heteroatoms. The number of aliphatic carboxylic acids is 1. The molecule has 1 aromatic carbocycles. The van der Waals surface area contributed by atoms with Crippen LogP contribution in [0.4, 0.5) is 0 Å². The van der Waals surface area contributed by atoms with E-state index >= 15 is 0 Å². The topological polar surface area (TPSA) is 66.8 Å². The maximum Gasteiger partial charge on any atom is 0.308 e. The van der Waals surface area contributed by atoms with Gasteiger partial charge in [-0.15, -0.1) is 0 Å². The van der Waals surface area contributed by atoms with E-state index in [2.05, 4.69) is 0 Å². The molecule has 0 saturated carbocycles. The van der Waals surface area contributed by atoms with Crippen molar-refractivity contribution in [3.8, 4) is 5.75 Å². The molecule has 1 rings (SSSR count). The van der Waals surface area contributed by atoms with Crippen LogP contribution in [0.2, 0.25) is 0 Å². The predicted octanol–water partition coefficient (Wildman–Crippen LogP) is 1.80. The molecule has 0 heterocycles. The van der Waals surface area contributed by atoms with E-state index < -0.39 is 11.9 Å². The Morgan fingerprint density at radius 2 is 2.05 bits per heavy atom. The highest BCUT2D eigenvalue weighted by atomic mass is 16.5. The zero-order chi connectivity index (χ0) is 14.6. The molecule has 0 aliphatic rings. The summed E-state index contributed by atoms with van der Waals surface area (Å²) in [5.41, 5.74) is 1.39. The summed E-state index contributed by atoms with van der Waals surface area (Å²) in [5, 5.41) is 8.87. The van der Waals surface area contributed by atoms with Gasteiger partial charge in [0.1, 0.15) is 5.75 Å². The van der Waals surface area contributed by atoms with Crippen molar-refractivity contribution in [2.45, 2.75) is 13.8 Å². The van der Waals surface area contributed by atoms with E-state index in [4.69, 9.17) is 9.84 Å². The molecule has 0 aliphatic carbocycles. The van der Waals surface area contributed by atoms with Gasteiger partial charge in [0.25, 0.3) is 5.91 Å². The van der Waals surface area contributed by atoms with Crippen molar-refractivity contribution in [1.82, 2.24) is 4.90 Å². The number of nitrogens with zero attached hydrogens (tertiary/aromatic N) is 1. The standard InChI is InChI=1S/C14H19NO4/c1-9-5-6-12(19-4)11(7-9)13(16)15(3)8-10(2)14(17)18/h5-7,10H,8H2,1-4H3,(H,17,18). The summed E-state index contributed by atoms with van der Waals surface area (Å²) in [6.07, 6.45) is 0. The number of benzene rings is 1. The van der Waals surface area contributed by atoms with Crippen LogP contribution < -0.4 is 4.74 Å². The molecule has 0 aliphatic heterocycles. The molecule has 5 nitrogen and oxygen atoms in total. The highest BCUT2D eigenvalue weighted by Crippen LogP contribution is 2.21. The van der Waals surface area contributed by atoms with Crippen LogP contribution in [0.15, 0.2) is 18.2 Å². The van der Waals surface area contributed by atoms with Crippen molar-refractivity contribution in [2.24, 2.45) is 5.92 Å². The van der Waals surface area contributed by atoms with E-state index in [0.29, 0.717) is 11.3 Å². The van der Waals surface area contributed by atoms with Gasteiger partial charge in [0.05, 0.1) is 18.6 Å². The van der Waals surface area contributed by atoms with E-state index in [-0.39, 0.29) is 12.5 Å². The summed E-state index contributed by atoms with van der Waals surface area (Å²) < 4.78 is 5.16. The van der Waals surface area contributed by atoms with Crippen LogP contribution in [0, 0.1) is 12.8 Å². The van der Waals surface area contributed by atoms with Crippen molar-refractivity contribution < 1.29 is 19.4 Å². The number of carbonyl (C=O) groups is 2. The second-order valence-corrected chi connectivity index (χ2v) is 4.63. The van der Waals surface area contributed by atoms with Gasteiger partial charge in [0.15, 0.2) is 0 Å². The SMILES string of the molecule is COc1ccc(C)cc1C(=O)N(C)CC(C)C(=O)O. The lowest BCUT2D eigenvalue weighted by atomic mass is 10.1. The van der Waals surface area contributed by atoms with Gasteiger partial charge in [0, 0.05) is 13.6 Å². The van der Waals surface area contributed by atoms with Crippen LogP contribution in [0.3, 0.4) is 0 Å². The van der Waals surface area contributed by atoms with Crippen LogP contribution in [-0.4, -0.2) is 42.6 Å². The van der Waals surface area contributed by atoms with Crippen molar-refractivity contribution in [3.63, 3.8) is 0 Å². The predicted molar refractivity (Wildman–Crippen MR) is 71.5 cm³/mol. The van der Waals surface area contributed by atoms with Crippen molar-refractivity contribution in [3.05, 3.63) is 29.3 Å². The Balaban J connectivity index is 2.93. The fourth-order valence-corrected chi connectivity index (χ4v) is 1.77. The van der Waals surface area contributed by atoms with Crippen molar-refractivity contribution in [1.29, 1.82) is 0 Å². The van der Waals surface area contributed by atoms with Gasteiger partial charge in [-0.05, 0) is 19.1 Å². The van der Waals surface area contributed by atoms with Crippen LogP contribution in [0.1, 0.15) is 22.8 Å². The summed E-state index contributed by atoms with van der Waals surface area (Å²) in [7, 11) is 3.09. The Morgan fingerprint density at radius 1 is 1.42 bits per heavy atom. The third-order valence-corrected chi connectivity index (χ3v) is 2.90. The fourth-order valence-electron chi connectivity index (χ4n) is 1.77. The Labute approximate surface area is 112 Å². The minimum absolute atomic E-state index is 0.158. The lowest BCUT2D eigenvalue weighted by molar-refractivity contribution is -0.141. The summed E-state index contributed by atoms with van der Waals surface area (Å²) >= 11 is 0. The number of hydrogen-bond donors (Lipinski definition) is 1. The summed E-state index contributed by atoms with van der Waals surface area (Å²) in [5.74, 6) is -1.28. The minimum Gasteiger partial charge on any atom is -0.496 e. The van der Waals surface area contributed by atoms with E-state index in [1.165, 1.54) is 12.0 Å². The number of hydrogen-bond acceptors (Lipinski definition) is 3. The highest BCUT2D eigenvalue weighted by Gasteiger charge is 2.21. The molecule has 1 amide bonds. The van der Waals surface area contributed by atoms with Gasteiger partial charge in [-0.2, -0.15) is 0 Å². The molecule has 0 aromatic heterocycles. The molecule has 0 saturated heterocycles. The van der Waals surface area contributed by atoms with Gasteiger partial charge >= 0.3 is 5.97 Å². The molecule has 1 atom stereocenters. The molecule has 0 spiro atoms. The Morgan fingerprint density at radius 3 is 2.58 bits per heavy atom. The maximum absolute atomic E-state index is 12.3. The molecular formula is C14H19NO4. The first kappa shape index (κ1) is 15.0. The quantitative estimate of drug-likeness (QED) is 0.881. The Hall–Kier alpha value is -2.04. The largest absolute Gasteiger partial charge is 0.496 e. The molecular weight excluding hydrogens is 246 g/mol. The monoisotopic (exact) mass is 265 g/mol. The first-order chi connectivity index (χ1) is 8.86. The number of carboxylic acid groups (broad SMARTS) is 1. The third-order valence-electron chi connectivity index (χ3n) is 2.90. The first-order valence-electron chi connectivity index (χ1n) is 5.99. The molecule has 0 radical (unpaired) electrons. The number of amides is 1. The average molecular weight is 265 g/mol. The lowest BCUT2D eigenvalue weighted by Gasteiger charge is -2.20. The zero-order valence-electron chi connectivity index (χ0n) is 11.6. The lowest BCUT2D eigenvalue weighted by Crippen LogP contribution is -2.33. The van der Waals surface area contributed by atoms with Crippen molar-refractivity contribution in [2.75, 3.05) is 20.7 Å². The molecule has 1 aromatic rings. The Kier molecular flexibility index (Phi) is 4.92.